The molecule has 3 rings (SSSR count). The van der Waals surface area contributed by atoms with Gasteiger partial charge in [-0.25, -0.2) is 0 Å². The van der Waals surface area contributed by atoms with Crippen molar-refractivity contribution in [3.63, 3.8) is 0 Å². The summed E-state index contributed by atoms with van der Waals surface area (Å²) in [4.78, 5) is 0. The van der Waals surface area contributed by atoms with Gasteiger partial charge >= 0.3 is 0 Å². The topological polar surface area (TPSA) is 21.3 Å². The molecule has 1 saturated carbocycles. The van der Waals surface area contributed by atoms with Crippen LogP contribution in [0.4, 0.5) is 0 Å². The van der Waals surface area contributed by atoms with Crippen molar-refractivity contribution in [2.45, 2.75) is 57.3 Å². The average molecular weight is 195 g/mol. The Morgan fingerprint density at radius 3 is 2.64 bits per heavy atom. The van der Waals surface area contributed by atoms with Gasteiger partial charge in [0.2, 0.25) is 0 Å². The van der Waals surface area contributed by atoms with Crippen molar-refractivity contribution in [3.8, 4) is 0 Å². The number of hydrogen-bond donors (Lipinski definition) is 1. The van der Waals surface area contributed by atoms with Gasteiger partial charge in [-0.3, -0.25) is 0 Å². The van der Waals surface area contributed by atoms with Crippen LogP contribution in [0.3, 0.4) is 0 Å². The zero-order chi connectivity index (χ0) is 9.54. The first kappa shape index (κ1) is 9.17. The van der Waals surface area contributed by atoms with E-state index in [9.17, 15) is 0 Å². The fourth-order valence-corrected chi connectivity index (χ4v) is 3.41. The maximum Gasteiger partial charge on any atom is 0.0623 e. The maximum atomic E-state index is 5.95. The zero-order valence-corrected chi connectivity index (χ0v) is 9.04. The number of nitrogens with one attached hydrogen (secondary N) is 1. The summed E-state index contributed by atoms with van der Waals surface area (Å²) in [6.45, 7) is 3.35. The van der Waals surface area contributed by atoms with Crippen LogP contribution < -0.4 is 5.32 Å². The molecular weight excluding hydrogens is 174 g/mol. The minimum Gasteiger partial charge on any atom is -0.375 e. The summed E-state index contributed by atoms with van der Waals surface area (Å²) in [5.74, 6) is 1.81. The van der Waals surface area contributed by atoms with Crippen molar-refractivity contribution in [3.05, 3.63) is 0 Å². The summed E-state index contributed by atoms with van der Waals surface area (Å²) in [5.41, 5.74) is 0. The lowest BCUT2D eigenvalue weighted by Gasteiger charge is -2.29. The van der Waals surface area contributed by atoms with Gasteiger partial charge < -0.3 is 10.1 Å². The molecule has 3 aliphatic rings. The quantitative estimate of drug-likeness (QED) is 0.740. The van der Waals surface area contributed by atoms with E-state index in [4.69, 9.17) is 4.74 Å². The Labute approximate surface area is 86.4 Å². The number of rotatable bonds is 4. The van der Waals surface area contributed by atoms with Gasteiger partial charge in [0, 0.05) is 12.0 Å². The predicted octanol–water partition coefficient (Wildman–Crippen LogP) is 1.94. The second kappa shape index (κ2) is 3.49. The van der Waals surface area contributed by atoms with E-state index >= 15 is 0 Å². The van der Waals surface area contributed by atoms with Crippen molar-refractivity contribution in [2.75, 3.05) is 6.54 Å². The molecule has 80 valence electrons. The number of ether oxygens (including phenoxy) is 1. The normalized spacial score (nSPS) is 43.1. The van der Waals surface area contributed by atoms with E-state index in [1.165, 1.54) is 32.1 Å². The van der Waals surface area contributed by atoms with Crippen LogP contribution in [-0.2, 0) is 4.74 Å². The second-order valence-corrected chi connectivity index (χ2v) is 5.19. The molecule has 1 N–H and O–H groups in total. The Morgan fingerprint density at radius 2 is 2.14 bits per heavy atom. The molecule has 2 bridgehead atoms. The van der Waals surface area contributed by atoms with Crippen LogP contribution in [0.5, 0.6) is 0 Å². The summed E-state index contributed by atoms with van der Waals surface area (Å²) in [6.07, 6.45) is 8.10. The molecule has 4 unspecified atom stereocenters. The molecule has 2 heterocycles. The monoisotopic (exact) mass is 195 g/mol. The third kappa shape index (κ3) is 1.49. The average Bonchev–Trinajstić information content (AvgIpc) is 2.82. The molecule has 14 heavy (non-hydrogen) atoms. The molecule has 0 aromatic rings. The highest BCUT2D eigenvalue weighted by Gasteiger charge is 2.47. The van der Waals surface area contributed by atoms with Gasteiger partial charge in [-0.2, -0.15) is 0 Å². The minimum atomic E-state index is 0.602. The number of hydrogen-bond acceptors (Lipinski definition) is 2. The third-order valence-electron chi connectivity index (χ3n) is 4.18. The van der Waals surface area contributed by atoms with E-state index in [1.54, 1.807) is 0 Å². The van der Waals surface area contributed by atoms with Crippen LogP contribution in [0.2, 0.25) is 0 Å². The van der Waals surface area contributed by atoms with Crippen LogP contribution in [0.15, 0.2) is 0 Å². The Balaban J connectivity index is 1.66. The van der Waals surface area contributed by atoms with Gasteiger partial charge in [-0.1, -0.05) is 6.92 Å². The van der Waals surface area contributed by atoms with Gasteiger partial charge in [-0.15, -0.1) is 0 Å². The predicted molar refractivity (Wildman–Crippen MR) is 56.2 cm³/mol. The SMILES string of the molecule is CCNC(C1CC1)C1CC2CCC1O2. The molecule has 0 aromatic heterocycles. The molecule has 2 aliphatic heterocycles. The highest BCUT2D eigenvalue weighted by molar-refractivity contribution is 5.00. The van der Waals surface area contributed by atoms with Crippen LogP contribution in [0, 0.1) is 11.8 Å². The highest BCUT2D eigenvalue weighted by Crippen LogP contribution is 2.46. The molecule has 1 aliphatic carbocycles. The van der Waals surface area contributed by atoms with Gasteiger partial charge in [0.1, 0.15) is 0 Å². The van der Waals surface area contributed by atoms with Crippen molar-refractivity contribution < 1.29 is 4.74 Å². The van der Waals surface area contributed by atoms with E-state index < -0.39 is 0 Å². The van der Waals surface area contributed by atoms with E-state index in [0.717, 1.165) is 24.4 Å². The summed E-state index contributed by atoms with van der Waals surface area (Å²) < 4.78 is 5.95. The van der Waals surface area contributed by atoms with Crippen LogP contribution in [-0.4, -0.2) is 24.8 Å². The molecule has 2 nitrogen and oxygen atoms in total. The molecular formula is C12H21NO. The van der Waals surface area contributed by atoms with Crippen LogP contribution in [0.1, 0.15) is 39.0 Å². The first-order valence-corrected chi connectivity index (χ1v) is 6.27. The maximum absolute atomic E-state index is 5.95. The number of fused-ring (bicyclic) bond motifs is 2. The Kier molecular flexibility index (Phi) is 2.29. The Hall–Kier alpha value is -0.0800. The highest BCUT2D eigenvalue weighted by atomic mass is 16.5. The molecule has 0 aromatic carbocycles. The lowest BCUT2D eigenvalue weighted by molar-refractivity contribution is 0.0839. The lowest BCUT2D eigenvalue weighted by Crippen LogP contribution is -2.42. The molecule has 3 fully saturated rings. The van der Waals surface area contributed by atoms with E-state index in [2.05, 4.69) is 12.2 Å². The van der Waals surface area contributed by atoms with E-state index in [-0.39, 0.29) is 0 Å². The van der Waals surface area contributed by atoms with Crippen LogP contribution >= 0.6 is 0 Å². The van der Waals surface area contributed by atoms with Gasteiger partial charge in [-0.05, 0) is 44.6 Å². The van der Waals surface area contributed by atoms with Crippen molar-refractivity contribution >= 4 is 0 Å². The Bertz CT molecular complexity index is 214. The van der Waals surface area contributed by atoms with Gasteiger partial charge in [0.25, 0.3) is 0 Å². The van der Waals surface area contributed by atoms with Gasteiger partial charge in [0.15, 0.2) is 0 Å². The Morgan fingerprint density at radius 1 is 1.29 bits per heavy atom. The first-order valence-electron chi connectivity index (χ1n) is 6.27. The summed E-state index contributed by atoms with van der Waals surface area (Å²) in [7, 11) is 0. The van der Waals surface area contributed by atoms with Crippen LogP contribution in [0.25, 0.3) is 0 Å². The summed E-state index contributed by atoms with van der Waals surface area (Å²) in [6, 6.07) is 0.773. The fraction of sp³-hybridized carbons (Fsp3) is 1.00. The minimum absolute atomic E-state index is 0.602. The van der Waals surface area contributed by atoms with E-state index in [1.807, 2.05) is 0 Å². The lowest BCUT2D eigenvalue weighted by atomic mass is 9.82. The summed E-state index contributed by atoms with van der Waals surface area (Å²) in [5, 5.41) is 3.69. The molecule has 0 amide bonds. The summed E-state index contributed by atoms with van der Waals surface area (Å²) >= 11 is 0. The molecule has 2 saturated heterocycles. The zero-order valence-electron chi connectivity index (χ0n) is 9.04. The molecule has 2 heteroatoms. The largest absolute Gasteiger partial charge is 0.375 e. The fourth-order valence-electron chi connectivity index (χ4n) is 3.41. The molecule has 0 radical (unpaired) electrons. The first-order chi connectivity index (χ1) is 6.88. The smallest absolute Gasteiger partial charge is 0.0623 e. The molecule has 4 atom stereocenters. The standard InChI is InChI=1S/C12H21NO/c1-2-13-12(8-3-4-8)10-7-9-5-6-11(10)14-9/h8-13H,2-7H2,1H3. The van der Waals surface area contributed by atoms with Crippen molar-refractivity contribution in [1.29, 1.82) is 0 Å². The third-order valence-corrected chi connectivity index (χ3v) is 4.18. The van der Waals surface area contributed by atoms with E-state index in [0.29, 0.717) is 12.2 Å². The van der Waals surface area contributed by atoms with Crippen molar-refractivity contribution in [2.24, 2.45) is 11.8 Å². The van der Waals surface area contributed by atoms with Gasteiger partial charge in [0.05, 0.1) is 12.2 Å². The second-order valence-electron chi connectivity index (χ2n) is 5.19. The molecule has 0 spiro atoms. The van der Waals surface area contributed by atoms with Crippen molar-refractivity contribution in [1.82, 2.24) is 5.32 Å².